The highest BCUT2D eigenvalue weighted by atomic mass is 127. The quantitative estimate of drug-likeness (QED) is 0.566. The minimum atomic E-state index is 1.07. The van der Waals surface area contributed by atoms with Crippen LogP contribution in [0, 0.1) is 0 Å². The highest BCUT2D eigenvalue weighted by Crippen LogP contribution is 2.05. The molecule has 1 nitrogen and oxygen atoms in total. The van der Waals surface area contributed by atoms with Crippen molar-refractivity contribution in [1.82, 2.24) is 5.32 Å². The van der Waals surface area contributed by atoms with Crippen LogP contribution in [-0.2, 0) is 0 Å². The van der Waals surface area contributed by atoms with Crippen molar-refractivity contribution < 1.29 is 0 Å². The molecule has 6 heavy (non-hydrogen) atoms. The van der Waals surface area contributed by atoms with Crippen molar-refractivity contribution in [3.8, 4) is 0 Å². The zero-order chi connectivity index (χ0) is 4.41. The van der Waals surface area contributed by atoms with Crippen LogP contribution in [0.5, 0.6) is 0 Å². The summed E-state index contributed by atoms with van der Waals surface area (Å²) >= 11 is 2.33. The van der Waals surface area contributed by atoms with Crippen LogP contribution in [0.3, 0.4) is 0 Å². The zero-order valence-corrected chi connectivity index (χ0v) is 5.53. The van der Waals surface area contributed by atoms with E-state index in [9.17, 15) is 0 Å². The molecule has 0 aromatic heterocycles. The van der Waals surface area contributed by atoms with Crippen LogP contribution < -0.4 is 5.32 Å². The average molecular weight is 195 g/mol. The van der Waals surface area contributed by atoms with Gasteiger partial charge >= 0.3 is 0 Å². The van der Waals surface area contributed by atoms with Crippen molar-refractivity contribution in [3.05, 3.63) is 9.66 Å². The SMILES string of the molecule is IC1=CCNC1. The van der Waals surface area contributed by atoms with Gasteiger partial charge in [0.25, 0.3) is 0 Å². The molecule has 0 spiro atoms. The van der Waals surface area contributed by atoms with Crippen molar-refractivity contribution in [3.63, 3.8) is 0 Å². The Morgan fingerprint density at radius 1 is 1.83 bits per heavy atom. The Hall–Kier alpha value is 0.430. The summed E-state index contributed by atoms with van der Waals surface area (Å²) < 4.78 is 1.44. The summed E-state index contributed by atoms with van der Waals surface area (Å²) in [5.41, 5.74) is 0. The molecule has 34 valence electrons. The van der Waals surface area contributed by atoms with Crippen molar-refractivity contribution in [1.29, 1.82) is 0 Å². The lowest BCUT2D eigenvalue weighted by atomic mass is 10.6. The normalized spacial score (nSPS) is 21.2. The molecule has 0 radical (unpaired) electrons. The first-order valence-corrected chi connectivity index (χ1v) is 3.03. The summed E-state index contributed by atoms with van der Waals surface area (Å²) in [5.74, 6) is 0. The third-order valence-corrected chi connectivity index (χ3v) is 1.58. The molecule has 0 fully saturated rings. The number of hydrogen-bond acceptors (Lipinski definition) is 1. The Morgan fingerprint density at radius 3 is 2.83 bits per heavy atom. The first-order chi connectivity index (χ1) is 2.89. The third-order valence-electron chi connectivity index (χ3n) is 0.762. The van der Waals surface area contributed by atoms with E-state index in [2.05, 4.69) is 34.0 Å². The van der Waals surface area contributed by atoms with Gasteiger partial charge in [0, 0.05) is 16.7 Å². The first-order valence-electron chi connectivity index (χ1n) is 1.95. The molecule has 0 unspecified atom stereocenters. The fourth-order valence-electron chi connectivity index (χ4n) is 0.447. The second kappa shape index (κ2) is 1.93. The summed E-state index contributed by atoms with van der Waals surface area (Å²) in [5, 5.41) is 3.17. The molecular weight excluding hydrogens is 189 g/mol. The van der Waals surface area contributed by atoms with Crippen LogP contribution in [0.25, 0.3) is 0 Å². The lowest BCUT2D eigenvalue weighted by Crippen LogP contribution is -2.06. The second-order valence-corrected chi connectivity index (χ2v) is 2.67. The van der Waals surface area contributed by atoms with Gasteiger partial charge in [-0.15, -0.1) is 0 Å². The van der Waals surface area contributed by atoms with Gasteiger partial charge in [0.05, 0.1) is 0 Å². The summed E-state index contributed by atoms with van der Waals surface area (Å²) in [6.07, 6.45) is 2.19. The Labute approximate surface area is 51.0 Å². The van der Waals surface area contributed by atoms with Gasteiger partial charge in [0.1, 0.15) is 0 Å². The Balaban J connectivity index is 2.45. The molecule has 1 heterocycles. The maximum atomic E-state index is 3.17. The largest absolute Gasteiger partial charge is 0.309 e. The average Bonchev–Trinajstić information content (AvgIpc) is 1.86. The van der Waals surface area contributed by atoms with Crippen LogP contribution in [-0.4, -0.2) is 13.1 Å². The van der Waals surface area contributed by atoms with Gasteiger partial charge in [-0.1, -0.05) is 6.08 Å². The van der Waals surface area contributed by atoms with Gasteiger partial charge in [0.2, 0.25) is 0 Å². The minimum absolute atomic E-state index is 1.07. The maximum Gasteiger partial charge on any atom is 0.0263 e. The Bertz CT molecular complexity index is 77.6. The van der Waals surface area contributed by atoms with Gasteiger partial charge in [-0.2, -0.15) is 0 Å². The number of halogens is 1. The minimum Gasteiger partial charge on any atom is -0.309 e. The van der Waals surface area contributed by atoms with Gasteiger partial charge in [-0.3, -0.25) is 0 Å². The molecule has 0 saturated carbocycles. The molecule has 0 aliphatic carbocycles. The predicted molar refractivity (Wildman–Crippen MR) is 35.0 cm³/mol. The monoisotopic (exact) mass is 195 g/mol. The van der Waals surface area contributed by atoms with Crippen molar-refractivity contribution in [2.24, 2.45) is 0 Å². The molecule has 0 amide bonds. The van der Waals surface area contributed by atoms with E-state index in [-0.39, 0.29) is 0 Å². The van der Waals surface area contributed by atoms with E-state index in [0.29, 0.717) is 0 Å². The number of rotatable bonds is 0. The van der Waals surface area contributed by atoms with Crippen LogP contribution >= 0.6 is 22.6 Å². The highest BCUT2D eigenvalue weighted by molar-refractivity contribution is 14.1. The van der Waals surface area contributed by atoms with E-state index in [1.54, 1.807) is 0 Å². The summed E-state index contributed by atoms with van der Waals surface area (Å²) in [4.78, 5) is 0. The van der Waals surface area contributed by atoms with Crippen molar-refractivity contribution in [2.75, 3.05) is 13.1 Å². The standard InChI is InChI=1S/C4H6IN/c5-4-1-2-6-3-4/h1,6H,2-3H2. The molecule has 1 N–H and O–H groups in total. The van der Waals surface area contributed by atoms with Gasteiger partial charge in [0.15, 0.2) is 0 Å². The molecule has 0 bridgehead atoms. The topological polar surface area (TPSA) is 12.0 Å². The van der Waals surface area contributed by atoms with Crippen LogP contribution in [0.2, 0.25) is 0 Å². The fraction of sp³-hybridized carbons (Fsp3) is 0.500. The second-order valence-electron chi connectivity index (χ2n) is 1.28. The molecule has 0 saturated heterocycles. The lowest BCUT2D eigenvalue weighted by Gasteiger charge is -1.81. The zero-order valence-electron chi connectivity index (χ0n) is 3.37. The van der Waals surface area contributed by atoms with Crippen molar-refractivity contribution >= 4 is 22.6 Å². The third kappa shape index (κ3) is 0.944. The molecule has 0 atom stereocenters. The van der Waals surface area contributed by atoms with E-state index in [1.165, 1.54) is 3.58 Å². The van der Waals surface area contributed by atoms with E-state index in [1.807, 2.05) is 0 Å². The number of nitrogens with one attached hydrogen (secondary N) is 1. The molecule has 1 aliphatic heterocycles. The molecule has 0 aromatic rings. The molecular formula is C4H6IN. The van der Waals surface area contributed by atoms with E-state index in [0.717, 1.165) is 13.1 Å². The molecule has 0 aromatic carbocycles. The van der Waals surface area contributed by atoms with Crippen LogP contribution in [0.15, 0.2) is 9.66 Å². The smallest absolute Gasteiger partial charge is 0.0263 e. The van der Waals surface area contributed by atoms with Crippen LogP contribution in [0.1, 0.15) is 0 Å². The van der Waals surface area contributed by atoms with Gasteiger partial charge in [-0.05, 0) is 22.6 Å². The van der Waals surface area contributed by atoms with Gasteiger partial charge in [-0.25, -0.2) is 0 Å². The van der Waals surface area contributed by atoms with Crippen LogP contribution in [0.4, 0.5) is 0 Å². The summed E-state index contributed by atoms with van der Waals surface area (Å²) in [6.45, 7) is 2.15. The van der Waals surface area contributed by atoms with Crippen molar-refractivity contribution in [2.45, 2.75) is 0 Å². The van der Waals surface area contributed by atoms with E-state index in [4.69, 9.17) is 0 Å². The molecule has 1 rings (SSSR count). The Morgan fingerprint density at radius 2 is 2.67 bits per heavy atom. The summed E-state index contributed by atoms with van der Waals surface area (Å²) in [6, 6.07) is 0. The highest BCUT2D eigenvalue weighted by Gasteiger charge is 1.94. The van der Waals surface area contributed by atoms with E-state index >= 15 is 0 Å². The first kappa shape index (κ1) is 4.59. The fourth-order valence-corrected chi connectivity index (χ4v) is 0.937. The maximum absolute atomic E-state index is 3.17. The van der Waals surface area contributed by atoms with Gasteiger partial charge < -0.3 is 5.32 Å². The number of hydrogen-bond donors (Lipinski definition) is 1. The lowest BCUT2D eigenvalue weighted by molar-refractivity contribution is 0.891. The predicted octanol–water partition coefficient (Wildman–Crippen LogP) is 0.908. The Kier molecular flexibility index (Phi) is 1.48. The molecule has 1 aliphatic rings. The van der Waals surface area contributed by atoms with E-state index < -0.39 is 0 Å². The summed E-state index contributed by atoms with van der Waals surface area (Å²) in [7, 11) is 0. The molecule has 2 heteroatoms.